The highest BCUT2D eigenvalue weighted by molar-refractivity contribution is 6.33. The van der Waals surface area contributed by atoms with Crippen LogP contribution in [0.15, 0.2) is 24.4 Å². The second-order valence-corrected chi connectivity index (χ2v) is 3.68. The second-order valence-electron chi connectivity index (χ2n) is 3.32. The predicted octanol–water partition coefficient (Wildman–Crippen LogP) is 1.57. The molecule has 0 bridgehead atoms. The third-order valence-electron chi connectivity index (χ3n) is 2.23. The van der Waals surface area contributed by atoms with Crippen LogP contribution in [0.4, 0.5) is 0 Å². The molecule has 2 aromatic heterocycles. The summed E-state index contributed by atoms with van der Waals surface area (Å²) in [7, 11) is 1.60. The molecular weight excluding hydrogens is 240 g/mol. The first kappa shape index (κ1) is 11.3. The summed E-state index contributed by atoms with van der Waals surface area (Å²) in [5.74, 6) is -0.347. The van der Waals surface area contributed by atoms with Crippen molar-refractivity contribution < 1.29 is 4.79 Å². The molecule has 0 spiro atoms. The molecular formula is C11H7ClN4O. The minimum atomic E-state index is -0.347. The largest absolute Gasteiger partial charge is 0.287 e. The Balaban J connectivity index is 2.45. The van der Waals surface area contributed by atoms with E-state index in [1.165, 1.54) is 16.9 Å². The standard InChI is InChI=1S/C11H7ClN4O/c1-16-7(6-13)5-9(15-16)10(17)8-3-2-4-14-11(8)12/h2-5H,1H3. The van der Waals surface area contributed by atoms with Gasteiger partial charge in [-0.1, -0.05) is 11.6 Å². The number of aryl methyl sites for hydroxylation is 1. The summed E-state index contributed by atoms with van der Waals surface area (Å²) >= 11 is 5.82. The van der Waals surface area contributed by atoms with E-state index in [1.807, 2.05) is 6.07 Å². The van der Waals surface area contributed by atoms with Gasteiger partial charge in [-0.15, -0.1) is 0 Å². The topological polar surface area (TPSA) is 71.6 Å². The van der Waals surface area contributed by atoms with Crippen molar-refractivity contribution in [1.82, 2.24) is 14.8 Å². The van der Waals surface area contributed by atoms with Gasteiger partial charge in [0.25, 0.3) is 0 Å². The molecule has 0 amide bonds. The van der Waals surface area contributed by atoms with Crippen LogP contribution in [-0.2, 0) is 7.05 Å². The van der Waals surface area contributed by atoms with Gasteiger partial charge in [0.1, 0.15) is 22.6 Å². The summed E-state index contributed by atoms with van der Waals surface area (Å²) in [5, 5.41) is 12.9. The molecule has 2 heterocycles. The molecule has 0 atom stereocenters. The van der Waals surface area contributed by atoms with Crippen LogP contribution in [0.2, 0.25) is 5.15 Å². The van der Waals surface area contributed by atoms with E-state index in [0.717, 1.165) is 0 Å². The number of carbonyl (C=O) groups excluding carboxylic acids is 1. The highest BCUT2D eigenvalue weighted by Crippen LogP contribution is 2.16. The lowest BCUT2D eigenvalue weighted by molar-refractivity contribution is 0.103. The Labute approximate surface area is 102 Å². The Kier molecular flexibility index (Phi) is 2.90. The van der Waals surface area contributed by atoms with Crippen LogP contribution >= 0.6 is 11.6 Å². The van der Waals surface area contributed by atoms with Crippen molar-refractivity contribution in [2.75, 3.05) is 0 Å². The van der Waals surface area contributed by atoms with E-state index < -0.39 is 0 Å². The number of pyridine rings is 1. The zero-order valence-corrected chi connectivity index (χ0v) is 9.64. The van der Waals surface area contributed by atoms with Crippen molar-refractivity contribution in [3.8, 4) is 6.07 Å². The van der Waals surface area contributed by atoms with Crippen molar-refractivity contribution in [3.63, 3.8) is 0 Å². The molecule has 17 heavy (non-hydrogen) atoms. The van der Waals surface area contributed by atoms with Gasteiger partial charge in [-0.05, 0) is 12.1 Å². The number of ketones is 1. The average molecular weight is 247 g/mol. The zero-order valence-electron chi connectivity index (χ0n) is 8.88. The van der Waals surface area contributed by atoms with Gasteiger partial charge in [-0.2, -0.15) is 10.4 Å². The number of rotatable bonds is 2. The van der Waals surface area contributed by atoms with E-state index in [9.17, 15) is 4.79 Å². The van der Waals surface area contributed by atoms with Crippen molar-refractivity contribution in [2.24, 2.45) is 7.05 Å². The van der Waals surface area contributed by atoms with Crippen LogP contribution in [0.5, 0.6) is 0 Å². The number of halogens is 1. The first-order chi connectivity index (χ1) is 8.13. The smallest absolute Gasteiger partial charge is 0.216 e. The predicted molar refractivity (Wildman–Crippen MR) is 60.6 cm³/mol. The number of nitriles is 1. The van der Waals surface area contributed by atoms with Gasteiger partial charge in [0.15, 0.2) is 0 Å². The fraction of sp³-hybridized carbons (Fsp3) is 0.0909. The van der Waals surface area contributed by atoms with Crippen LogP contribution in [0.1, 0.15) is 21.7 Å². The van der Waals surface area contributed by atoms with E-state index in [0.29, 0.717) is 5.69 Å². The number of carbonyl (C=O) groups is 1. The van der Waals surface area contributed by atoms with E-state index in [1.54, 1.807) is 19.2 Å². The molecule has 0 saturated carbocycles. The molecule has 0 saturated heterocycles. The minimum absolute atomic E-state index is 0.127. The quantitative estimate of drug-likeness (QED) is 0.596. The van der Waals surface area contributed by atoms with Crippen LogP contribution in [0, 0.1) is 11.3 Å². The van der Waals surface area contributed by atoms with Crippen molar-refractivity contribution in [3.05, 3.63) is 46.5 Å². The molecule has 0 aliphatic carbocycles. The summed E-state index contributed by atoms with van der Waals surface area (Å²) in [5.41, 5.74) is 0.768. The maximum atomic E-state index is 12.0. The monoisotopic (exact) mass is 246 g/mol. The highest BCUT2D eigenvalue weighted by atomic mass is 35.5. The molecule has 5 nitrogen and oxygen atoms in total. The van der Waals surface area contributed by atoms with Gasteiger partial charge in [-0.3, -0.25) is 9.48 Å². The fourth-order valence-electron chi connectivity index (χ4n) is 1.38. The maximum absolute atomic E-state index is 12.0. The van der Waals surface area contributed by atoms with Crippen molar-refractivity contribution in [1.29, 1.82) is 5.26 Å². The lowest BCUT2D eigenvalue weighted by atomic mass is 10.1. The number of aromatic nitrogens is 3. The van der Waals surface area contributed by atoms with Crippen molar-refractivity contribution in [2.45, 2.75) is 0 Å². The summed E-state index contributed by atoms with van der Waals surface area (Å²) < 4.78 is 1.34. The lowest BCUT2D eigenvalue weighted by Crippen LogP contribution is -2.04. The zero-order chi connectivity index (χ0) is 12.4. The Morgan fingerprint density at radius 3 is 2.94 bits per heavy atom. The number of nitrogens with zero attached hydrogens (tertiary/aromatic N) is 4. The Morgan fingerprint density at radius 1 is 1.59 bits per heavy atom. The lowest BCUT2D eigenvalue weighted by Gasteiger charge is -1.98. The van der Waals surface area contributed by atoms with Gasteiger partial charge >= 0.3 is 0 Å². The molecule has 0 aromatic carbocycles. The molecule has 0 fully saturated rings. The highest BCUT2D eigenvalue weighted by Gasteiger charge is 2.17. The molecule has 0 aliphatic heterocycles. The Bertz CT molecular complexity index is 627. The maximum Gasteiger partial charge on any atom is 0.216 e. The van der Waals surface area contributed by atoms with Crippen LogP contribution < -0.4 is 0 Å². The Hall–Kier alpha value is -2.19. The van der Waals surface area contributed by atoms with Gasteiger partial charge in [0.2, 0.25) is 5.78 Å². The third kappa shape index (κ3) is 2.03. The summed E-state index contributed by atoms with van der Waals surface area (Å²) in [4.78, 5) is 15.9. The Morgan fingerprint density at radius 2 is 2.35 bits per heavy atom. The molecule has 2 aromatic rings. The number of hydrogen-bond acceptors (Lipinski definition) is 4. The summed E-state index contributed by atoms with van der Waals surface area (Å²) in [6, 6.07) is 6.54. The molecule has 84 valence electrons. The number of hydrogen-bond donors (Lipinski definition) is 0. The SMILES string of the molecule is Cn1nc(C(=O)c2cccnc2Cl)cc1C#N. The first-order valence-corrected chi connectivity index (χ1v) is 5.10. The van der Waals surface area contributed by atoms with Crippen molar-refractivity contribution >= 4 is 17.4 Å². The third-order valence-corrected chi connectivity index (χ3v) is 2.53. The minimum Gasteiger partial charge on any atom is -0.287 e. The van der Waals surface area contributed by atoms with Gasteiger partial charge in [0, 0.05) is 19.3 Å². The molecule has 0 radical (unpaired) electrons. The summed E-state index contributed by atoms with van der Waals surface area (Å²) in [6.07, 6.45) is 1.50. The van der Waals surface area contributed by atoms with E-state index in [4.69, 9.17) is 16.9 Å². The molecule has 6 heteroatoms. The van der Waals surface area contributed by atoms with Crippen LogP contribution in [0.3, 0.4) is 0 Å². The van der Waals surface area contributed by atoms with E-state index in [2.05, 4.69) is 10.1 Å². The first-order valence-electron chi connectivity index (χ1n) is 4.73. The molecule has 0 N–H and O–H groups in total. The van der Waals surface area contributed by atoms with Crippen LogP contribution in [0.25, 0.3) is 0 Å². The summed E-state index contributed by atoms with van der Waals surface area (Å²) in [6.45, 7) is 0. The molecule has 0 unspecified atom stereocenters. The normalized spacial score (nSPS) is 9.94. The average Bonchev–Trinajstić information content (AvgIpc) is 2.70. The molecule has 2 rings (SSSR count). The molecule has 0 aliphatic rings. The van der Waals surface area contributed by atoms with E-state index >= 15 is 0 Å². The fourth-order valence-corrected chi connectivity index (χ4v) is 1.58. The van der Waals surface area contributed by atoms with Gasteiger partial charge in [0.05, 0.1) is 5.56 Å². The van der Waals surface area contributed by atoms with E-state index in [-0.39, 0.29) is 22.2 Å². The van der Waals surface area contributed by atoms with Gasteiger partial charge in [-0.25, -0.2) is 4.98 Å². The van der Waals surface area contributed by atoms with Gasteiger partial charge < -0.3 is 0 Å². The second kappa shape index (κ2) is 4.36. The van der Waals surface area contributed by atoms with Crippen LogP contribution in [-0.4, -0.2) is 20.5 Å².